The van der Waals surface area contributed by atoms with Gasteiger partial charge in [-0.15, -0.1) is 0 Å². The Morgan fingerprint density at radius 2 is 2.15 bits per heavy atom. The number of aliphatic carboxylic acids is 1. The number of rotatable bonds is 5. The predicted molar refractivity (Wildman–Crippen MR) is 52.0 cm³/mol. The highest BCUT2D eigenvalue weighted by Crippen LogP contribution is 1.87. The first-order chi connectivity index (χ1) is 6.07. The first-order valence-electron chi connectivity index (χ1n) is 3.84. The molecule has 5 nitrogen and oxygen atoms in total. The van der Waals surface area contributed by atoms with Crippen LogP contribution in [0.4, 0.5) is 4.79 Å². The van der Waals surface area contributed by atoms with E-state index in [1.54, 1.807) is 11.8 Å². The van der Waals surface area contributed by atoms with Crippen LogP contribution in [0.15, 0.2) is 0 Å². The minimum atomic E-state index is -1.04. The quantitative estimate of drug-likeness (QED) is 0.558. The first-order valence-corrected chi connectivity index (χ1v) is 5.23. The van der Waals surface area contributed by atoms with Gasteiger partial charge in [0.25, 0.3) is 0 Å². The summed E-state index contributed by atoms with van der Waals surface area (Å²) in [5, 5.41) is 13.3. The van der Waals surface area contributed by atoms with Crippen LogP contribution in [0.5, 0.6) is 0 Å². The van der Waals surface area contributed by atoms with E-state index >= 15 is 0 Å². The molecule has 0 aliphatic heterocycles. The smallest absolute Gasteiger partial charge is 0.325 e. The Balaban J connectivity index is 3.56. The normalized spacial score (nSPS) is 11.8. The molecular weight excluding hydrogens is 192 g/mol. The van der Waals surface area contributed by atoms with E-state index in [2.05, 4.69) is 10.6 Å². The maximum atomic E-state index is 10.9. The summed E-state index contributed by atoms with van der Waals surface area (Å²) in [5.74, 6) is -0.227. The molecule has 0 saturated carbocycles. The molecule has 0 rings (SSSR count). The van der Waals surface area contributed by atoms with Gasteiger partial charge in [-0.3, -0.25) is 4.79 Å². The fourth-order valence-electron chi connectivity index (χ4n) is 0.576. The topological polar surface area (TPSA) is 78.4 Å². The van der Waals surface area contributed by atoms with Crippen molar-refractivity contribution in [2.75, 3.05) is 18.6 Å². The van der Waals surface area contributed by atoms with E-state index in [1.165, 1.54) is 6.92 Å². The maximum Gasteiger partial charge on any atom is 0.325 e. The highest BCUT2D eigenvalue weighted by atomic mass is 32.2. The number of amides is 2. The number of carbonyl (C=O) groups is 2. The lowest BCUT2D eigenvalue weighted by Crippen LogP contribution is -2.44. The zero-order chi connectivity index (χ0) is 10.3. The van der Waals surface area contributed by atoms with Crippen LogP contribution >= 0.6 is 11.8 Å². The number of nitrogens with one attached hydrogen (secondary N) is 2. The van der Waals surface area contributed by atoms with Gasteiger partial charge < -0.3 is 15.7 Å². The summed E-state index contributed by atoms with van der Waals surface area (Å²) in [6, 6.07) is -1.29. The molecule has 3 N–H and O–H groups in total. The van der Waals surface area contributed by atoms with Crippen LogP contribution < -0.4 is 10.6 Å². The van der Waals surface area contributed by atoms with Crippen LogP contribution in [0.2, 0.25) is 0 Å². The van der Waals surface area contributed by atoms with Crippen LogP contribution in [0.25, 0.3) is 0 Å². The van der Waals surface area contributed by atoms with Gasteiger partial charge in [0, 0.05) is 12.3 Å². The van der Waals surface area contributed by atoms with Crippen molar-refractivity contribution in [1.29, 1.82) is 0 Å². The van der Waals surface area contributed by atoms with Crippen molar-refractivity contribution in [3.63, 3.8) is 0 Å². The SMILES string of the molecule is CSCCNC(=O)N[C@H](C)C(=O)O. The molecule has 76 valence electrons. The Morgan fingerprint density at radius 3 is 2.62 bits per heavy atom. The second-order valence-electron chi connectivity index (χ2n) is 2.45. The molecule has 1 atom stereocenters. The van der Waals surface area contributed by atoms with E-state index in [9.17, 15) is 9.59 Å². The van der Waals surface area contributed by atoms with Crippen molar-refractivity contribution in [3.05, 3.63) is 0 Å². The summed E-state index contributed by atoms with van der Waals surface area (Å²) >= 11 is 1.61. The van der Waals surface area contributed by atoms with Crippen LogP contribution in [0, 0.1) is 0 Å². The Morgan fingerprint density at radius 1 is 1.54 bits per heavy atom. The van der Waals surface area contributed by atoms with Gasteiger partial charge >= 0.3 is 12.0 Å². The second kappa shape index (κ2) is 6.59. The molecule has 0 bridgehead atoms. The van der Waals surface area contributed by atoms with Crippen molar-refractivity contribution in [1.82, 2.24) is 10.6 Å². The summed E-state index contributed by atoms with van der Waals surface area (Å²) in [7, 11) is 0. The molecule has 0 aromatic carbocycles. The number of thioether (sulfide) groups is 1. The number of urea groups is 1. The predicted octanol–water partition coefficient (Wildman–Crippen LogP) is 0.122. The molecule has 2 amide bonds. The molecule has 0 aliphatic rings. The van der Waals surface area contributed by atoms with Gasteiger partial charge in [-0.05, 0) is 13.2 Å². The highest BCUT2D eigenvalue weighted by Gasteiger charge is 2.12. The van der Waals surface area contributed by atoms with Crippen molar-refractivity contribution in [2.45, 2.75) is 13.0 Å². The number of carbonyl (C=O) groups excluding carboxylic acids is 1. The molecule has 0 aromatic heterocycles. The Kier molecular flexibility index (Phi) is 6.13. The fraction of sp³-hybridized carbons (Fsp3) is 0.714. The summed E-state index contributed by atoms with van der Waals surface area (Å²) in [5.41, 5.74) is 0. The summed E-state index contributed by atoms with van der Waals surface area (Å²) in [6.45, 7) is 1.95. The third-order valence-electron chi connectivity index (χ3n) is 1.31. The Labute approximate surface area is 81.3 Å². The number of hydrogen-bond donors (Lipinski definition) is 3. The average molecular weight is 206 g/mol. The molecule has 0 aliphatic carbocycles. The molecular formula is C7H14N2O3S. The molecule has 6 heteroatoms. The minimum Gasteiger partial charge on any atom is -0.480 e. The molecule has 0 unspecified atom stereocenters. The van der Waals surface area contributed by atoms with Crippen molar-refractivity contribution >= 4 is 23.8 Å². The molecule has 0 saturated heterocycles. The lowest BCUT2D eigenvalue weighted by Gasteiger charge is -2.09. The van der Waals surface area contributed by atoms with Crippen LogP contribution in [-0.2, 0) is 4.79 Å². The van der Waals surface area contributed by atoms with E-state index in [1.807, 2.05) is 6.26 Å². The van der Waals surface area contributed by atoms with Gasteiger partial charge in [0.15, 0.2) is 0 Å². The van der Waals surface area contributed by atoms with Gasteiger partial charge in [0.2, 0.25) is 0 Å². The second-order valence-corrected chi connectivity index (χ2v) is 3.44. The van der Waals surface area contributed by atoms with E-state index < -0.39 is 18.0 Å². The van der Waals surface area contributed by atoms with Gasteiger partial charge in [-0.1, -0.05) is 0 Å². The summed E-state index contributed by atoms with van der Waals surface area (Å²) in [4.78, 5) is 21.3. The van der Waals surface area contributed by atoms with Crippen LogP contribution in [0.1, 0.15) is 6.92 Å². The molecule has 0 spiro atoms. The standard InChI is InChI=1S/C7H14N2O3S/c1-5(6(10)11)9-7(12)8-3-4-13-2/h5H,3-4H2,1-2H3,(H,10,11)(H2,8,9,12)/t5-/m1/s1. The van der Waals surface area contributed by atoms with E-state index in [0.717, 1.165) is 5.75 Å². The summed E-state index contributed by atoms with van der Waals surface area (Å²) < 4.78 is 0. The lowest BCUT2D eigenvalue weighted by molar-refractivity contribution is -0.138. The largest absolute Gasteiger partial charge is 0.480 e. The number of carboxylic acids is 1. The zero-order valence-corrected chi connectivity index (χ0v) is 8.48. The molecule has 0 fully saturated rings. The lowest BCUT2D eigenvalue weighted by atomic mass is 10.3. The van der Waals surface area contributed by atoms with Gasteiger partial charge in [-0.2, -0.15) is 11.8 Å². The number of hydrogen-bond acceptors (Lipinski definition) is 3. The third-order valence-corrected chi connectivity index (χ3v) is 1.92. The van der Waals surface area contributed by atoms with Crippen molar-refractivity contribution < 1.29 is 14.7 Å². The molecule has 13 heavy (non-hydrogen) atoms. The van der Waals surface area contributed by atoms with Gasteiger partial charge in [0.05, 0.1) is 0 Å². The van der Waals surface area contributed by atoms with Crippen molar-refractivity contribution in [2.24, 2.45) is 0 Å². The number of carboxylic acid groups (broad SMARTS) is 1. The van der Waals surface area contributed by atoms with E-state index in [-0.39, 0.29) is 0 Å². The monoisotopic (exact) mass is 206 g/mol. The summed E-state index contributed by atoms with van der Waals surface area (Å²) in [6.07, 6.45) is 1.93. The molecule has 0 heterocycles. The van der Waals surface area contributed by atoms with Crippen molar-refractivity contribution in [3.8, 4) is 0 Å². The Hall–Kier alpha value is -0.910. The third kappa shape index (κ3) is 6.27. The van der Waals surface area contributed by atoms with Gasteiger partial charge in [0.1, 0.15) is 6.04 Å². The zero-order valence-electron chi connectivity index (χ0n) is 7.66. The molecule has 0 radical (unpaired) electrons. The van der Waals surface area contributed by atoms with Gasteiger partial charge in [-0.25, -0.2) is 4.79 Å². The highest BCUT2D eigenvalue weighted by molar-refractivity contribution is 7.98. The first kappa shape index (κ1) is 12.1. The maximum absolute atomic E-state index is 10.9. The molecule has 0 aromatic rings. The minimum absolute atomic E-state index is 0.441. The Bertz CT molecular complexity index is 187. The van der Waals surface area contributed by atoms with E-state index in [4.69, 9.17) is 5.11 Å². The van der Waals surface area contributed by atoms with Crippen LogP contribution in [0.3, 0.4) is 0 Å². The van der Waals surface area contributed by atoms with E-state index in [0.29, 0.717) is 6.54 Å². The fourth-order valence-corrected chi connectivity index (χ4v) is 0.882. The average Bonchev–Trinajstić information content (AvgIpc) is 2.04. The van der Waals surface area contributed by atoms with Crippen LogP contribution in [-0.4, -0.2) is 41.7 Å².